The number of hydrogen-bond acceptors (Lipinski definition) is 3. The van der Waals surface area contributed by atoms with E-state index in [2.05, 4.69) is 5.32 Å². The van der Waals surface area contributed by atoms with E-state index in [-0.39, 0.29) is 5.78 Å². The van der Waals surface area contributed by atoms with Crippen LogP contribution in [-0.2, 0) is 0 Å². The molecule has 0 radical (unpaired) electrons. The number of carbonyl (C=O) groups is 2. The fourth-order valence-corrected chi connectivity index (χ4v) is 3.23. The third-order valence-corrected chi connectivity index (χ3v) is 4.50. The number of Topliss-reactive ketones (excluding diaryl/α,β-unsaturated/α-hetero) is 1. The van der Waals surface area contributed by atoms with Crippen molar-refractivity contribution in [3.05, 3.63) is 76.4 Å². The monoisotopic (exact) mass is 319 g/mol. The summed E-state index contributed by atoms with van der Waals surface area (Å²) in [5, 5.41) is 3.38. The highest BCUT2D eigenvalue weighted by Crippen LogP contribution is 2.32. The second-order valence-electron chi connectivity index (χ2n) is 6.07. The van der Waals surface area contributed by atoms with Crippen molar-refractivity contribution in [2.75, 3.05) is 13.1 Å². The molecule has 1 N–H and O–H groups in total. The van der Waals surface area contributed by atoms with Gasteiger partial charge in [-0.2, -0.15) is 0 Å². The summed E-state index contributed by atoms with van der Waals surface area (Å²) >= 11 is 0. The molecule has 0 unspecified atom stereocenters. The topological polar surface area (TPSA) is 46.2 Å². The highest BCUT2D eigenvalue weighted by atomic mass is 16.1. The fourth-order valence-electron chi connectivity index (χ4n) is 3.23. The van der Waals surface area contributed by atoms with E-state index in [0.717, 1.165) is 48.9 Å². The Morgan fingerprint density at radius 2 is 1.58 bits per heavy atom. The number of benzene rings is 2. The zero-order valence-corrected chi connectivity index (χ0v) is 13.8. The lowest BCUT2D eigenvalue weighted by Gasteiger charge is -2.22. The first-order valence-corrected chi connectivity index (χ1v) is 8.29. The predicted molar refractivity (Wildman–Crippen MR) is 96.4 cm³/mol. The molecule has 1 aliphatic rings. The van der Waals surface area contributed by atoms with E-state index in [0.29, 0.717) is 11.1 Å². The Kier molecular flexibility index (Phi) is 5.02. The summed E-state index contributed by atoms with van der Waals surface area (Å²) in [5.74, 6) is 0.0610. The molecule has 2 aromatic rings. The molecule has 0 saturated carbocycles. The fraction of sp³-hybridized carbons (Fsp3) is 0.238. The van der Waals surface area contributed by atoms with Crippen LogP contribution in [0, 0.1) is 0 Å². The molecule has 122 valence electrons. The third kappa shape index (κ3) is 3.36. The summed E-state index contributed by atoms with van der Waals surface area (Å²) in [7, 11) is 0. The smallest absolute Gasteiger partial charge is 0.159 e. The van der Waals surface area contributed by atoms with Crippen molar-refractivity contribution < 1.29 is 9.59 Å². The van der Waals surface area contributed by atoms with Crippen molar-refractivity contribution in [2.24, 2.45) is 0 Å². The molecule has 0 bridgehead atoms. The molecule has 3 heteroatoms. The summed E-state index contributed by atoms with van der Waals surface area (Å²) in [5.41, 5.74) is 5.94. The van der Waals surface area contributed by atoms with Gasteiger partial charge < -0.3 is 5.32 Å². The van der Waals surface area contributed by atoms with E-state index in [1.807, 2.05) is 48.5 Å². The third-order valence-electron chi connectivity index (χ3n) is 4.50. The van der Waals surface area contributed by atoms with Gasteiger partial charge in [-0.25, -0.2) is 0 Å². The Bertz CT molecular complexity index is 780. The maximum atomic E-state index is 11.5. The predicted octanol–water partition coefficient (Wildman–Crippen LogP) is 3.89. The summed E-state index contributed by atoms with van der Waals surface area (Å²) in [6.45, 7) is 3.48. The second kappa shape index (κ2) is 7.37. The number of ketones is 1. The lowest BCUT2D eigenvalue weighted by Crippen LogP contribution is -2.24. The van der Waals surface area contributed by atoms with Gasteiger partial charge >= 0.3 is 0 Å². The van der Waals surface area contributed by atoms with Crippen LogP contribution in [0.2, 0.25) is 0 Å². The average Bonchev–Trinajstić information content (AvgIpc) is 2.64. The number of rotatable bonds is 4. The molecule has 0 atom stereocenters. The van der Waals surface area contributed by atoms with Crippen LogP contribution in [0.15, 0.2) is 54.1 Å². The summed E-state index contributed by atoms with van der Waals surface area (Å²) in [4.78, 5) is 23.0. The number of aldehydes is 1. The van der Waals surface area contributed by atoms with Crippen LogP contribution in [0.5, 0.6) is 0 Å². The standard InChI is InChI=1S/C21H21NO2/c1-15(24)16-6-8-17(9-7-16)21(18-10-12-22-13-11-18)20-5-3-2-4-19(20)14-23/h2-9,14,22H,10-13H2,1H3. The van der Waals surface area contributed by atoms with Gasteiger partial charge in [0.05, 0.1) is 0 Å². The molecular weight excluding hydrogens is 298 g/mol. The van der Waals surface area contributed by atoms with E-state index in [4.69, 9.17) is 0 Å². The van der Waals surface area contributed by atoms with E-state index in [1.54, 1.807) is 6.92 Å². The van der Waals surface area contributed by atoms with Gasteiger partial charge in [0.15, 0.2) is 12.1 Å². The highest BCUT2D eigenvalue weighted by molar-refractivity contribution is 5.96. The lowest BCUT2D eigenvalue weighted by atomic mass is 9.86. The van der Waals surface area contributed by atoms with Crippen LogP contribution in [0.3, 0.4) is 0 Å². The Morgan fingerprint density at radius 1 is 0.958 bits per heavy atom. The van der Waals surface area contributed by atoms with Crippen molar-refractivity contribution in [3.63, 3.8) is 0 Å². The van der Waals surface area contributed by atoms with Gasteiger partial charge in [-0.15, -0.1) is 0 Å². The van der Waals surface area contributed by atoms with Crippen LogP contribution in [0.25, 0.3) is 5.57 Å². The summed E-state index contributed by atoms with van der Waals surface area (Å²) in [6, 6.07) is 15.4. The molecule has 1 aliphatic heterocycles. The molecule has 1 fully saturated rings. The van der Waals surface area contributed by atoms with E-state index < -0.39 is 0 Å². The molecule has 24 heavy (non-hydrogen) atoms. The van der Waals surface area contributed by atoms with Crippen LogP contribution in [0.4, 0.5) is 0 Å². The number of carbonyl (C=O) groups excluding carboxylic acids is 2. The number of nitrogens with one attached hydrogen (secondary N) is 1. The molecule has 3 rings (SSSR count). The first kappa shape index (κ1) is 16.3. The Balaban J connectivity index is 2.15. The van der Waals surface area contributed by atoms with Gasteiger partial charge in [0.25, 0.3) is 0 Å². The highest BCUT2D eigenvalue weighted by Gasteiger charge is 2.17. The molecule has 0 spiro atoms. The minimum Gasteiger partial charge on any atom is -0.316 e. The van der Waals surface area contributed by atoms with E-state index >= 15 is 0 Å². The van der Waals surface area contributed by atoms with Gasteiger partial charge in [0, 0.05) is 11.1 Å². The molecule has 0 aliphatic carbocycles. The largest absolute Gasteiger partial charge is 0.316 e. The number of hydrogen-bond donors (Lipinski definition) is 1. The van der Waals surface area contributed by atoms with E-state index in [9.17, 15) is 9.59 Å². The first-order valence-electron chi connectivity index (χ1n) is 8.29. The van der Waals surface area contributed by atoms with Gasteiger partial charge in [-0.1, -0.05) is 54.1 Å². The SMILES string of the molecule is CC(=O)c1ccc(C(=C2CCNCC2)c2ccccc2C=O)cc1. The van der Waals surface area contributed by atoms with Gasteiger partial charge in [0.2, 0.25) is 0 Å². The minimum absolute atomic E-state index is 0.0610. The van der Waals surface area contributed by atoms with Gasteiger partial charge in [-0.3, -0.25) is 9.59 Å². The van der Waals surface area contributed by atoms with Crippen LogP contribution < -0.4 is 5.32 Å². The number of piperidine rings is 1. The minimum atomic E-state index is 0.0610. The zero-order chi connectivity index (χ0) is 16.9. The molecule has 0 aromatic heterocycles. The summed E-state index contributed by atoms with van der Waals surface area (Å²) in [6.07, 6.45) is 2.86. The normalized spacial score (nSPS) is 14.3. The van der Waals surface area contributed by atoms with Crippen LogP contribution >= 0.6 is 0 Å². The van der Waals surface area contributed by atoms with E-state index in [1.165, 1.54) is 5.57 Å². The maximum absolute atomic E-state index is 11.5. The lowest BCUT2D eigenvalue weighted by molar-refractivity contribution is 0.101. The second-order valence-corrected chi connectivity index (χ2v) is 6.07. The molecule has 3 nitrogen and oxygen atoms in total. The Labute approximate surface area is 142 Å². The molecule has 2 aromatic carbocycles. The van der Waals surface area contributed by atoms with Crippen molar-refractivity contribution in [3.8, 4) is 0 Å². The molecule has 1 heterocycles. The Hall–Kier alpha value is -2.52. The van der Waals surface area contributed by atoms with Crippen LogP contribution in [0.1, 0.15) is 51.6 Å². The average molecular weight is 319 g/mol. The molecule has 1 saturated heterocycles. The van der Waals surface area contributed by atoms with Crippen molar-refractivity contribution >= 4 is 17.6 Å². The Morgan fingerprint density at radius 3 is 2.21 bits per heavy atom. The van der Waals surface area contributed by atoms with Crippen molar-refractivity contribution in [2.45, 2.75) is 19.8 Å². The summed E-state index contributed by atoms with van der Waals surface area (Å²) < 4.78 is 0. The quantitative estimate of drug-likeness (QED) is 0.687. The molecule has 0 amide bonds. The first-order chi connectivity index (χ1) is 11.7. The maximum Gasteiger partial charge on any atom is 0.159 e. The van der Waals surface area contributed by atoms with Crippen LogP contribution in [-0.4, -0.2) is 25.2 Å². The van der Waals surface area contributed by atoms with Gasteiger partial charge in [-0.05, 0) is 49.6 Å². The zero-order valence-electron chi connectivity index (χ0n) is 13.8. The van der Waals surface area contributed by atoms with Gasteiger partial charge in [0.1, 0.15) is 0 Å². The van der Waals surface area contributed by atoms with Crippen molar-refractivity contribution in [1.29, 1.82) is 0 Å². The molecular formula is C21H21NO2. The van der Waals surface area contributed by atoms with Crippen molar-refractivity contribution in [1.82, 2.24) is 5.32 Å².